The molecule has 0 aliphatic heterocycles. The summed E-state index contributed by atoms with van der Waals surface area (Å²) in [6, 6.07) is 12.0. The first-order valence-electron chi connectivity index (χ1n) is 6.07. The number of hydrogen-bond acceptors (Lipinski definition) is 3. The topological polar surface area (TPSA) is 67.6 Å². The van der Waals surface area contributed by atoms with Gasteiger partial charge in [-0.3, -0.25) is 10.1 Å². The van der Waals surface area contributed by atoms with E-state index in [0.717, 1.165) is 22.4 Å². The maximum absolute atomic E-state index is 5.99. The van der Waals surface area contributed by atoms with Gasteiger partial charge in [-0.1, -0.05) is 30.3 Å². The number of H-pyrrole nitrogens is 1. The predicted octanol–water partition coefficient (Wildman–Crippen LogP) is 3.03. The Morgan fingerprint density at radius 3 is 2.68 bits per heavy atom. The van der Waals surface area contributed by atoms with Crippen LogP contribution in [-0.2, 0) is 0 Å². The average molecular weight is 250 g/mol. The van der Waals surface area contributed by atoms with Gasteiger partial charge in [-0.05, 0) is 18.6 Å². The number of rotatable bonds is 2. The van der Waals surface area contributed by atoms with Crippen molar-refractivity contribution in [3.8, 4) is 22.4 Å². The van der Waals surface area contributed by atoms with Crippen LogP contribution in [-0.4, -0.2) is 15.2 Å². The maximum atomic E-state index is 5.99. The SMILES string of the molecule is Cc1ccccc1-c1[nH]nc(N)c1-c1cccnc1. The van der Waals surface area contributed by atoms with E-state index in [1.807, 2.05) is 24.3 Å². The number of pyridine rings is 1. The first-order valence-corrected chi connectivity index (χ1v) is 6.07. The van der Waals surface area contributed by atoms with Gasteiger partial charge in [0.25, 0.3) is 0 Å². The molecular weight excluding hydrogens is 236 g/mol. The Hall–Kier alpha value is -2.62. The molecule has 0 bridgehead atoms. The van der Waals surface area contributed by atoms with E-state index in [9.17, 15) is 0 Å². The van der Waals surface area contributed by atoms with Crippen LogP contribution in [0.15, 0.2) is 48.8 Å². The highest BCUT2D eigenvalue weighted by molar-refractivity contribution is 5.88. The Bertz CT molecular complexity index is 701. The van der Waals surface area contributed by atoms with E-state index in [1.165, 1.54) is 5.56 Å². The molecule has 0 unspecified atom stereocenters. The highest BCUT2D eigenvalue weighted by atomic mass is 15.2. The standard InChI is InChI=1S/C15H14N4/c1-10-5-2-3-7-12(10)14-13(15(16)19-18-14)11-6-4-8-17-9-11/h2-9H,1H3,(H3,16,18,19). The molecule has 0 fully saturated rings. The third-order valence-corrected chi connectivity index (χ3v) is 3.16. The summed E-state index contributed by atoms with van der Waals surface area (Å²) in [5.74, 6) is 0.492. The number of aromatic nitrogens is 3. The fourth-order valence-corrected chi connectivity index (χ4v) is 2.21. The lowest BCUT2D eigenvalue weighted by atomic mass is 9.99. The number of nitrogen functional groups attached to an aromatic ring is 1. The quantitative estimate of drug-likeness (QED) is 0.734. The molecule has 3 rings (SSSR count). The lowest BCUT2D eigenvalue weighted by molar-refractivity contribution is 1.10. The summed E-state index contributed by atoms with van der Waals surface area (Å²) < 4.78 is 0. The van der Waals surface area contributed by atoms with Gasteiger partial charge in [-0.2, -0.15) is 5.10 Å². The highest BCUT2D eigenvalue weighted by Crippen LogP contribution is 2.35. The number of nitrogens with two attached hydrogens (primary N) is 1. The van der Waals surface area contributed by atoms with Gasteiger partial charge in [0, 0.05) is 23.5 Å². The second-order valence-corrected chi connectivity index (χ2v) is 4.42. The van der Waals surface area contributed by atoms with Crippen LogP contribution in [0.1, 0.15) is 5.56 Å². The fraction of sp³-hybridized carbons (Fsp3) is 0.0667. The van der Waals surface area contributed by atoms with Gasteiger partial charge in [0.05, 0.1) is 11.3 Å². The Kier molecular flexibility index (Phi) is 2.76. The summed E-state index contributed by atoms with van der Waals surface area (Å²) in [6.45, 7) is 2.07. The van der Waals surface area contributed by atoms with Crippen molar-refractivity contribution in [2.75, 3.05) is 5.73 Å². The summed E-state index contributed by atoms with van der Waals surface area (Å²) in [7, 11) is 0. The first-order chi connectivity index (χ1) is 9.27. The zero-order valence-electron chi connectivity index (χ0n) is 10.6. The Morgan fingerprint density at radius 1 is 1.11 bits per heavy atom. The van der Waals surface area contributed by atoms with Gasteiger partial charge in [0.15, 0.2) is 5.82 Å². The van der Waals surface area contributed by atoms with Crippen LogP contribution >= 0.6 is 0 Å². The molecular formula is C15H14N4. The molecule has 1 aromatic carbocycles. The van der Waals surface area contributed by atoms with Crippen LogP contribution in [0, 0.1) is 6.92 Å². The number of nitrogens with zero attached hydrogens (tertiary/aromatic N) is 2. The van der Waals surface area contributed by atoms with E-state index in [-0.39, 0.29) is 0 Å². The van der Waals surface area contributed by atoms with Gasteiger partial charge in [0.1, 0.15) is 0 Å². The highest BCUT2D eigenvalue weighted by Gasteiger charge is 2.15. The lowest BCUT2D eigenvalue weighted by Gasteiger charge is -2.06. The number of aryl methyl sites for hydroxylation is 1. The van der Waals surface area contributed by atoms with E-state index in [1.54, 1.807) is 12.4 Å². The van der Waals surface area contributed by atoms with Crippen molar-refractivity contribution in [3.05, 3.63) is 54.4 Å². The molecule has 0 aliphatic carbocycles. The molecule has 4 nitrogen and oxygen atoms in total. The molecule has 19 heavy (non-hydrogen) atoms. The zero-order chi connectivity index (χ0) is 13.2. The van der Waals surface area contributed by atoms with E-state index in [2.05, 4.69) is 34.2 Å². The number of hydrogen-bond donors (Lipinski definition) is 2. The fourth-order valence-electron chi connectivity index (χ4n) is 2.21. The molecule has 0 spiro atoms. The van der Waals surface area contributed by atoms with Crippen molar-refractivity contribution in [2.24, 2.45) is 0 Å². The second kappa shape index (κ2) is 4.57. The third kappa shape index (κ3) is 1.97. The van der Waals surface area contributed by atoms with Crippen LogP contribution in [0.3, 0.4) is 0 Å². The van der Waals surface area contributed by atoms with Crippen molar-refractivity contribution in [2.45, 2.75) is 6.92 Å². The third-order valence-electron chi connectivity index (χ3n) is 3.16. The number of benzene rings is 1. The van der Waals surface area contributed by atoms with Gasteiger partial charge < -0.3 is 5.73 Å². The van der Waals surface area contributed by atoms with Gasteiger partial charge in [-0.15, -0.1) is 0 Å². The monoisotopic (exact) mass is 250 g/mol. The molecule has 3 aromatic rings. The summed E-state index contributed by atoms with van der Waals surface area (Å²) in [5.41, 5.74) is 11.1. The molecule has 94 valence electrons. The molecule has 0 radical (unpaired) electrons. The predicted molar refractivity (Wildman–Crippen MR) is 76.4 cm³/mol. The molecule has 3 N–H and O–H groups in total. The first kappa shape index (κ1) is 11.5. The zero-order valence-corrected chi connectivity index (χ0v) is 10.6. The smallest absolute Gasteiger partial charge is 0.153 e. The summed E-state index contributed by atoms with van der Waals surface area (Å²) in [6.07, 6.45) is 3.54. The maximum Gasteiger partial charge on any atom is 0.153 e. The molecule has 2 heterocycles. The van der Waals surface area contributed by atoms with E-state index < -0.39 is 0 Å². The summed E-state index contributed by atoms with van der Waals surface area (Å²) in [5, 5.41) is 7.16. The second-order valence-electron chi connectivity index (χ2n) is 4.42. The van der Waals surface area contributed by atoms with Crippen molar-refractivity contribution in [1.82, 2.24) is 15.2 Å². The molecule has 2 aromatic heterocycles. The summed E-state index contributed by atoms with van der Waals surface area (Å²) in [4.78, 5) is 4.14. The molecule has 4 heteroatoms. The Morgan fingerprint density at radius 2 is 1.95 bits per heavy atom. The molecule has 0 saturated carbocycles. The van der Waals surface area contributed by atoms with Crippen molar-refractivity contribution < 1.29 is 0 Å². The van der Waals surface area contributed by atoms with E-state index in [0.29, 0.717) is 5.82 Å². The normalized spacial score (nSPS) is 10.6. The van der Waals surface area contributed by atoms with E-state index >= 15 is 0 Å². The minimum atomic E-state index is 0.492. The van der Waals surface area contributed by atoms with E-state index in [4.69, 9.17) is 5.73 Å². The number of aromatic amines is 1. The van der Waals surface area contributed by atoms with Crippen LogP contribution in [0.2, 0.25) is 0 Å². The molecule has 0 atom stereocenters. The van der Waals surface area contributed by atoms with Gasteiger partial charge in [0.2, 0.25) is 0 Å². The Balaban J connectivity index is 2.23. The molecule has 0 aliphatic rings. The summed E-state index contributed by atoms with van der Waals surface area (Å²) >= 11 is 0. The largest absolute Gasteiger partial charge is 0.382 e. The molecule has 0 amide bonds. The molecule has 0 saturated heterocycles. The van der Waals surface area contributed by atoms with Gasteiger partial charge in [-0.25, -0.2) is 0 Å². The minimum Gasteiger partial charge on any atom is -0.382 e. The minimum absolute atomic E-state index is 0.492. The average Bonchev–Trinajstić information content (AvgIpc) is 2.82. The van der Waals surface area contributed by atoms with Gasteiger partial charge >= 0.3 is 0 Å². The van der Waals surface area contributed by atoms with Crippen LogP contribution in [0.4, 0.5) is 5.82 Å². The number of anilines is 1. The Labute approximate surface area is 111 Å². The van der Waals surface area contributed by atoms with Crippen LogP contribution in [0.25, 0.3) is 22.4 Å². The van der Waals surface area contributed by atoms with Crippen LogP contribution in [0.5, 0.6) is 0 Å². The van der Waals surface area contributed by atoms with Crippen molar-refractivity contribution in [3.63, 3.8) is 0 Å². The van der Waals surface area contributed by atoms with Crippen molar-refractivity contribution in [1.29, 1.82) is 0 Å². The number of nitrogens with one attached hydrogen (secondary N) is 1. The van der Waals surface area contributed by atoms with Crippen LogP contribution < -0.4 is 5.73 Å². The van der Waals surface area contributed by atoms with Crippen molar-refractivity contribution >= 4 is 5.82 Å². The lowest BCUT2D eigenvalue weighted by Crippen LogP contribution is -1.90.